The van der Waals surface area contributed by atoms with Crippen LogP contribution in [-0.4, -0.2) is 24.1 Å². The summed E-state index contributed by atoms with van der Waals surface area (Å²) in [7, 11) is 0. The molecule has 0 fully saturated rings. The summed E-state index contributed by atoms with van der Waals surface area (Å²) in [4.78, 5) is 23.8. The van der Waals surface area contributed by atoms with Gasteiger partial charge in [-0.2, -0.15) is 0 Å². The minimum absolute atomic E-state index is 0.0486. The first kappa shape index (κ1) is 24.9. The average molecular weight is 371 g/mol. The predicted octanol–water partition coefficient (Wildman–Crippen LogP) is 6.35. The first-order valence-corrected chi connectivity index (χ1v) is 11.0. The van der Waals surface area contributed by atoms with Gasteiger partial charge in [-0.15, -0.1) is 0 Å². The van der Waals surface area contributed by atoms with Crippen molar-refractivity contribution in [1.29, 1.82) is 0 Å². The van der Waals surface area contributed by atoms with Crippen molar-refractivity contribution >= 4 is 11.9 Å². The monoisotopic (exact) mass is 370 g/mol. The van der Waals surface area contributed by atoms with Crippen LogP contribution in [0.15, 0.2) is 0 Å². The van der Waals surface area contributed by atoms with E-state index in [0.717, 1.165) is 38.5 Å². The molecular formula is C22H42O4. The van der Waals surface area contributed by atoms with Gasteiger partial charge < -0.3 is 9.47 Å². The minimum atomic E-state index is -0.132. The molecule has 0 aliphatic carbocycles. The summed E-state index contributed by atoms with van der Waals surface area (Å²) >= 11 is 0. The van der Waals surface area contributed by atoms with Crippen LogP contribution in [0.5, 0.6) is 0 Å². The molecule has 154 valence electrons. The number of unbranched alkanes of at least 4 members (excludes halogenated alkanes) is 5. The zero-order valence-electron chi connectivity index (χ0n) is 17.7. The fourth-order valence-corrected chi connectivity index (χ4v) is 2.97. The largest absolute Gasteiger partial charge is 0.462 e. The first-order valence-electron chi connectivity index (χ1n) is 11.0. The molecule has 4 nitrogen and oxygen atoms in total. The normalized spacial score (nSPS) is 13.2. The van der Waals surface area contributed by atoms with Gasteiger partial charge in [0.2, 0.25) is 0 Å². The van der Waals surface area contributed by atoms with Gasteiger partial charge in [-0.1, -0.05) is 53.4 Å². The van der Waals surface area contributed by atoms with Crippen molar-refractivity contribution in [3.8, 4) is 0 Å². The summed E-state index contributed by atoms with van der Waals surface area (Å²) < 4.78 is 11.1. The lowest BCUT2D eigenvalue weighted by atomic mass is 10.1. The maximum absolute atomic E-state index is 11.9. The van der Waals surface area contributed by atoms with Gasteiger partial charge in [0.25, 0.3) is 0 Å². The van der Waals surface area contributed by atoms with E-state index in [2.05, 4.69) is 27.7 Å². The highest BCUT2D eigenvalue weighted by atomic mass is 16.5. The highest BCUT2D eigenvalue weighted by Gasteiger charge is 2.14. The number of hydrogen-bond acceptors (Lipinski definition) is 4. The summed E-state index contributed by atoms with van der Waals surface area (Å²) in [6.07, 6.45) is 12.9. The van der Waals surface area contributed by atoms with Gasteiger partial charge in [0.15, 0.2) is 0 Å². The second-order valence-electron chi connectivity index (χ2n) is 7.24. The van der Waals surface area contributed by atoms with Gasteiger partial charge in [-0.25, -0.2) is 0 Å². The van der Waals surface area contributed by atoms with Crippen LogP contribution in [0.2, 0.25) is 0 Å². The lowest BCUT2D eigenvalue weighted by Crippen LogP contribution is -2.18. The van der Waals surface area contributed by atoms with Crippen LogP contribution in [0.1, 0.15) is 118 Å². The maximum atomic E-state index is 11.9. The Morgan fingerprint density at radius 2 is 1.00 bits per heavy atom. The van der Waals surface area contributed by atoms with Gasteiger partial charge in [0, 0.05) is 12.8 Å². The highest BCUT2D eigenvalue weighted by molar-refractivity contribution is 5.70. The highest BCUT2D eigenvalue weighted by Crippen LogP contribution is 2.14. The molecular weight excluding hydrogens is 328 g/mol. The molecule has 0 rings (SSSR count). The predicted molar refractivity (Wildman–Crippen MR) is 107 cm³/mol. The van der Waals surface area contributed by atoms with E-state index in [4.69, 9.17) is 9.47 Å². The molecule has 0 aliphatic rings. The molecule has 0 aromatic heterocycles. The molecule has 0 saturated carbocycles. The molecule has 0 N–H and O–H groups in total. The molecule has 26 heavy (non-hydrogen) atoms. The first-order chi connectivity index (χ1) is 12.6. The van der Waals surface area contributed by atoms with Crippen molar-refractivity contribution in [3.63, 3.8) is 0 Å². The third-order valence-corrected chi connectivity index (χ3v) is 4.78. The number of carbonyl (C=O) groups is 2. The quantitative estimate of drug-likeness (QED) is 0.221. The Bertz CT molecular complexity index is 320. The van der Waals surface area contributed by atoms with Gasteiger partial charge >= 0.3 is 11.9 Å². The maximum Gasteiger partial charge on any atom is 0.306 e. The van der Waals surface area contributed by atoms with Gasteiger partial charge in [0.1, 0.15) is 12.2 Å². The van der Waals surface area contributed by atoms with Crippen LogP contribution < -0.4 is 0 Å². The summed E-state index contributed by atoms with van der Waals surface area (Å²) in [6.45, 7) is 8.47. The molecule has 0 spiro atoms. The Kier molecular flexibility index (Phi) is 16.7. The van der Waals surface area contributed by atoms with E-state index in [1.54, 1.807) is 0 Å². The van der Waals surface area contributed by atoms with Crippen LogP contribution in [0.4, 0.5) is 0 Å². The summed E-state index contributed by atoms with van der Waals surface area (Å²) in [5.41, 5.74) is 0. The molecule has 0 radical (unpaired) electrons. The van der Waals surface area contributed by atoms with E-state index in [9.17, 15) is 9.59 Å². The van der Waals surface area contributed by atoms with Crippen molar-refractivity contribution in [2.24, 2.45) is 0 Å². The smallest absolute Gasteiger partial charge is 0.306 e. The van der Waals surface area contributed by atoms with Crippen molar-refractivity contribution in [1.82, 2.24) is 0 Å². The summed E-state index contributed by atoms with van der Waals surface area (Å²) in [6, 6.07) is 0. The van der Waals surface area contributed by atoms with E-state index in [0.29, 0.717) is 25.7 Å². The van der Waals surface area contributed by atoms with E-state index in [1.165, 1.54) is 25.7 Å². The molecule has 2 unspecified atom stereocenters. The van der Waals surface area contributed by atoms with Crippen LogP contribution >= 0.6 is 0 Å². The SMILES string of the molecule is CCCCCC(CC)OC(=O)CCCCC(=O)OC(CC)CCCCC. The fourth-order valence-electron chi connectivity index (χ4n) is 2.97. The number of hydrogen-bond donors (Lipinski definition) is 0. The molecule has 0 bridgehead atoms. The zero-order chi connectivity index (χ0) is 19.6. The zero-order valence-corrected chi connectivity index (χ0v) is 17.7. The van der Waals surface area contributed by atoms with Crippen LogP contribution in [0.25, 0.3) is 0 Å². The second kappa shape index (κ2) is 17.4. The Morgan fingerprint density at radius 1 is 0.615 bits per heavy atom. The third kappa shape index (κ3) is 14.1. The fraction of sp³-hybridized carbons (Fsp3) is 0.909. The Morgan fingerprint density at radius 3 is 1.31 bits per heavy atom. The molecule has 4 heteroatoms. The number of esters is 2. The number of rotatable bonds is 17. The third-order valence-electron chi connectivity index (χ3n) is 4.78. The Hall–Kier alpha value is -1.06. The Balaban J connectivity index is 3.84. The van der Waals surface area contributed by atoms with E-state index in [1.807, 2.05) is 0 Å². The Labute approximate surface area is 161 Å². The molecule has 0 aliphatic heterocycles. The lowest BCUT2D eigenvalue weighted by Gasteiger charge is -2.16. The van der Waals surface area contributed by atoms with Gasteiger partial charge in [-0.05, 0) is 51.4 Å². The van der Waals surface area contributed by atoms with Gasteiger partial charge in [-0.3, -0.25) is 9.59 Å². The average Bonchev–Trinajstić information content (AvgIpc) is 2.63. The van der Waals surface area contributed by atoms with Crippen molar-refractivity contribution in [2.45, 2.75) is 130 Å². The second-order valence-corrected chi connectivity index (χ2v) is 7.24. The molecule has 0 aromatic carbocycles. The van der Waals surface area contributed by atoms with Crippen molar-refractivity contribution in [3.05, 3.63) is 0 Å². The summed E-state index contributed by atoms with van der Waals surface area (Å²) in [5, 5.41) is 0. The van der Waals surface area contributed by atoms with E-state index in [-0.39, 0.29) is 24.1 Å². The molecule has 0 aromatic rings. The van der Waals surface area contributed by atoms with Gasteiger partial charge in [0.05, 0.1) is 0 Å². The van der Waals surface area contributed by atoms with E-state index < -0.39 is 0 Å². The summed E-state index contributed by atoms with van der Waals surface area (Å²) in [5.74, 6) is -0.263. The minimum Gasteiger partial charge on any atom is -0.462 e. The van der Waals surface area contributed by atoms with Crippen LogP contribution in [-0.2, 0) is 19.1 Å². The van der Waals surface area contributed by atoms with E-state index >= 15 is 0 Å². The molecule has 0 heterocycles. The van der Waals surface area contributed by atoms with Crippen LogP contribution in [0, 0.1) is 0 Å². The number of carbonyl (C=O) groups excluding carboxylic acids is 2. The topological polar surface area (TPSA) is 52.6 Å². The molecule has 0 saturated heterocycles. The number of ether oxygens (including phenoxy) is 2. The van der Waals surface area contributed by atoms with Crippen molar-refractivity contribution in [2.75, 3.05) is 0 Å². The van der Waals surface area contributed by atoms with Crippen molar-refractivity contribution < 1.29 is 19.1 Å². The lowest BCUT2D eigenvalue weighted by molar-refractivity contribution is -0.152. The molecule has 0 amide bonds. The van der Waals surface area contributed by atoms with Crippen LogP contribution in [0.3, 0.4) is 0 Å². The standard InChI is InChI=1S/C22H42O4/c1-5-9-11-15-19(7-3)25-21(23)17-13-14-18-22(24)26-20(8-4)16-12-10-6-2/h19-20H,5-18H2,1-4H3. The molecule has 2 atom stereocenters.